The summed E-state index contributed by atoms with van der Waals surface area (Å²) < 4.78 is 8.08. The molecule has 6 heteroatoms. The molecule has 2 N–H and O–H groups in total. The van der Waals surface area contributed by atoms with Crippen LogP contribution in [0.15, 0.2) is 11.0 Å². The van der Waals surface area contributed by atoms with Gasteiger partial charge in [-0.1, -0.05) is 6.92 Å². The molecule has 0 spiro atoms. The molecule has 1 aromatic rings. The van der Waals surface area contributed by atoms with E-state index in [1.807, 2.05) is 0 Å². The summed E-state index contributed by atoms with van der Waals surface area (Å²) in [5.41, 5.74) is -0.330. The Morgan fingerprint density at radius 1 is 1.63 bits per heavy atom. The van der Waals surface area contributed by atoms with Crippen molar-refractivity contribution in [3.63, 3.8) is 0 Å². The Kier molecular flexibility index (Phi) is 2.92. The molecular formula is C13H18N2O3S. The van der Waals surface area contributed by atoms with Crippen molar-refractivity contribution in [3.05, 3.63) is 26.9 Å². The molecule has 1 aromatic heterocycles. The molecule has 1 saturated carbocycles. The van der Waals surface area contributed by atoms with Gasteiger partial charge < -0.3 is 9.84 Å². The molecular weight excluding hydrogens is 264 g/mol. The lowest BCUT2D eigenvalue weighted by Crippen LogP contribution is -2.34. The molecule has 5 nitrogen and oxygen atoms in total. The number of nitrogens with one attached hydrogen (secondary N) is 1. The van der Waals surface area contributed by atoms with Crippen molar-refractivity contribution in [3.8, 4) is 0 Å². The van der Waals surface area contributed by atoms with E-state index in [2.05, 4.69) is 11.9 Å². The van der Waals surface area contributed by atoms with Gasteiger partial charge in [0, 0.05) is 18.2 Å². The molecule has 1 aliphatic heterocycles. The summed E-state index contributed by atoms with van der Waals surface area (Å²) in [5, 5.41) is 10.6. The van der Waals surface area contributed by atoms with Crippen LogP contribution in [-0.2, 0) is 4.74 Å². The molecule has 2 heterocycles. The molecule has 19 heavy (non-hydrogen) atoms. The molecule has 2 fully saturated rings. The Bertz CT molecular complexity index is 623. The normalized spacial score (nSPS) is 37.5. The zero-order chi connectivity index (χ0) is 13.8. The third-order valence-corrected chi connectivity index (χ3v) is 4.68. The molecule has 1 saturated heterocycles. The molecule has 0 amide bonds. The van der Waals surface area contributed by atoms with Crippen molar-refractivity contribution in [2.45, 2.75) is 51.0 Å². The predicted octanol–water partition coefficient (Wildman–Crippen LogP) is 1.66. The van der Waals surface area contributed by atoms with Crippen LogP contribution >= 0.6 is 12.2 Å². The van der Waals surface area contributed by atoms with Crippen LogP contribution in [0.3, 0.4) is 0 Å². The van der Waals surface area contributed by atoms with E-state index >= 15 is 0 Å². The molecule has 1 unspecified atom stereocenters. The average molecular weight is 282 g/mol. The van der Waals surface area contributed by atoms with Gasteiger partial charge in [0.2, 0.25) is 0 Å². The van der Waals surface area contributed by atoms with Gasteiger partial charge >= 0.3 is 0 Å². The van der Waals surface area contributed by atoms with Gasteiger partial charge in [0.25, 0.3) is 5.56 Å². The Morgan fingerprint density at radius 3 is 3.05 bits per heavy atom. The summed E-state index contributed by atoms with van der Waals surface area (Å²) in [6, 6.07) is 0. The highest BCUT2D eigenvalue weighted by Crippen LogP contribution is 2.48. The minimum Gasteiger partial charge on any atom is -0.387 e. The Hall–Kier alpha value is -0.980. The molecule has 104 valence electrons. The highest BCUT2D eigenvalue weighted by molar-refractivity contribution is 7.71. The van der Waals surface area contributed by atoms with Crippen LogP contribution in [0.1, 0.15) is 38.0 Å². The van der Waals surface area contributed by atoms with Gasteiger partial charge in [0.15, 0.2) is 4.77 Å². The molecule has 0 aromatic carbocycles. The standard InChI is InChI=1S/C13H18N2O3S/c1-7-3-4-13(17)5-9(18-10(7)13)15-6-8(2)11(16)14-12(15)19/h6-7,9-10,17H,3-5H2,1-2H3,(H,14,16,19)/t7-,9?,10-,13+/m1/s1. The molecule has 3 rings (SSSR count). The van der Waals surface area contributed by atoms with E-state index in [-0.39, 0.29) is 17.9 Å². The maximum absolute atomic E-state index is 11.5. The number of hydrogen-bond acceptors (Lipinski definition) is 4. The van der Waals surface area contributed by atoms with E-state index in [4.69, 9.17) is 17.0 Å². The van der Waals surface area contributed by atoms with Crippen molar-refractivity contribution in [2.24, 2.45) is 5.92 Å². The largest absolute Gasteiger partial charge is 0.387 e. The van der Waals surface area contributed by atoms with E-state index in [0.29, 0.717) is 22.7 Å². The zero-order valence-electron chi connectivity index (χ0n) is 11.0. The summed E-state index contributed by atoms with van der Waals surface area (Å²) in [6.07, 6.45) is 3.57. The first-order valence-corrected chi connectivity index (χ1v) is 7.01. The van der Waals surface area contributed by atoms with Crippen LogP contribution in [0, 0.1) is 17.6 Å². The Morgan fingerprint density at radius 2 is 2.37 bits per heavy atom. The van der Waals surface area contributed by atoms with Crippen LogP contribution < -0.4 is 5.56 Å². The maximum atomic E-state index is 11.5. The number of aromatic nitrogens is 2. The molecule has 0 bridgehead atoms. The van der Waals surface area contributed by atoms with Crippen LogP contribution in [0.5, 0.6) is 0 Å². The highest BCUT2D eigenvalue weighted by Gasteiger charge is 2.54. The van der Waals surface area contributed by atoms with Gasteiger partial charge in [-0.2, -0.15) is 0 Å². The first-order valence-electron chi connectivity index (χ1n) is 6.60. The van der Waals surface area contributed by atoms with Crippen molar-refractivity contribution in [1.82, 2.24) is 9.55 Å². The quantitative estimate of drug-likeness (QED) is 0.769. The van der Waals surface area contributed by atoms with E-state index in [0.717, 1.165) is 12.8 Å². The monoisotopic (exact) mass is 282 g/mol. The number of hydrogen-bond donors (Lipinski definition) is 2. The topological polar surface area (TPSA) is 67.2 Å². The summed E-state index contributed by atoms with van der Waals surface area (Å²) in [7, 11) is 0. The van der Waals surface area contributed by atoms with E-state index < -0.39 is 5.60 Å². The van der Waals surface area contributed by atoms with Crippen LogP contribution in [0.25, 0.3) is 0 Å². The van der Waals surface area contributed by atoms with Gasteiger partial charge in [0.1, 0.15) is 6.23 Å². The first-order chi connectivity index (χ1) is 8.90. The summed E-state index contributed by atoms with van der Waals surface area (Å²) in [6.45, 7) is 3.83. The second-order valence-electron chi connectivity index (χ2n) is 5.81. The first kappa shape index (κ1) is 13.0. The van der Waals surface area contributed by atoms with Crippen molar-refractivity contribution in [2.75, 3.05) is 0 Å². The van der Waals surface area contributed by atoms with Crippen molar-refractivity contribution < 1.29 is 9.84 Å². The molecule has 1 aliphatic carbocycles. The second kappa shape index (κ2) is 4.26. The van der Waals surface area contributed by atoms with E-state index in [1.165, 1.54) is 0 Å². The van der Waals surface area contributed by atoms with Crippen LogP contribution in [0.2, 0.25) is 0 Å². The lowest BCUT2D eigenvalue weighted by Gasteiger charge is -2.21. The maximum Gasteiger partial charge on any atom is 0.254 e. The number of H-pyrrole nitrogens is 1. The van der Waals surface area contributed by atoms with Gasteiger partial charge in [0.05, 0.1) is 11.7 Å². The lowest BCUT2D eigenvalue weighted by molar-refractivity contribution is -0.0575. The number of aliphatic hydroxyl groups is 1. The van der Waals surface area contributed by atoms with E-state index in [9.17, 15) is 9.90 Å². The number of ether oxygens (including phenoxy) is 1. The number of nitrogens with zero attached hydrogens (tertiary/aromatic N) is 1. The fraction of sp³-hybridized carbons (Fsp3) is 0.692. The van der Waals surface area contributed by atoms with Gasteiger partial charge in [-0.25, -0.2) is 0 Å². The number of rotatable bonds is 1. The molecule has 2 aliphatic rings. The third kappa shape index (κ3) is 1.98. The number of aromatic amines is 1. The van der Waals surface area contributed by atoms with Gasteiger partial charge in [-0.15, -0.1) is 0 Å². The SMILES string of the molecule is Cc1cn(C2C[C@@]3(O)CC[C@@H](C)[C@H]3O2)c(=S)[nH]c1=O. The summed E-state index contributed by atoms with van der Waals surface area (Å²) in [4.78, 5) is 14.1. The van der Waals surface area contributed by atoms with E-state index in [1.54, 1.807) is 17.7 Å². The van der Waals surface area contributed by atoms with Crippen LogP contribution in [0.4, 0.5) is 0 Å². The number of aryl methyl sites for hydroxylation is 1. The lowest BCUT2D eigenvalue weighted by atomic mass is 9.96. The summed E-state index contributed by atoms with van der Waals surface area (Å²) >= 11 is 5.18. The molecule has 4 atom stereocenters. The summed E-state index contributed by atoms with van der Waals surface area (Å²) in [5.74, 6) is 0.355. The number of fused-ring (bicyclic) bond motifs is 1. The average Bonchev–Trinajstić information content (AvgIpc) is 2.81. The van der Waals surface area contributed by atoms with Crippen molar-refractivity contribution in [1.29, 1.82) is 0 Å². The predicted molar refractivity (Wildman–Crippen MR) is 72.5 cm³/mol. The highest BCUT2D eigenvalue weighted by atomic mass is 32.1. The minimum absolute atomic E-state index is 0.133. The minimum atomic E-state index is -0.747. The fourth-order valence-corrected chi connectivity index (χ4v) is 3.53. The zero-order valence-corrected chi connectivity index (χ0v) is 11.9. The second-order valence-corrected chi connectivity index (χ2v) is 6.20. The molecule has 0 radical (unpaired) electrons. The van der Waals surface area contributed by atoms with Gasteiger partial charge in [-0.05, 0) is 37.9 Å². The van der Waals surface area contributed by atoms with Gasteiger partial charge in [-0.3, -0.25) is 14.3 Å². The Balaban J connectivity index is 1.96. The van der Waals surface area contributed by atoms with Crippen molar-refractivity contribution >= 4 is 12.2 Å². The Labute approximate surface area is 116 Å². The fourth-order valence-electron chi connectivity index (χ4n) is 3.26. The van der Waals surface area contributed by atoms with Crippen LogP contribution in [-0.4, -0.2) is 26.4 Å². The third-order valence-electron chi connectivity index (χ3n) is 4.37. The smallest absolute Gasteiger partial charge is 0.254 e.